The molecule has 0 aromatic carbocycles. The van der Waals surface area contributed by atoms with Gasteiger partial charge in [0.15, 0.2) is 0 Å². The minimum Gasteiger partial charge on any atom is -0.481 e. The molecular weight excluding hydrogens is 200 g/mol. The predicted molar refractivity (Wildman–Crippen MR) is 55.6 cm³/mol. The van der Waals surface area contributed by atoms with E-state index in [9.17, 15) is 4.79 Å². The molecule has 0 atom stereocenters. The van der Waals surface area contributed by atoms with Crippen molar-refractivity contribution in [2.24, 2.45) is 0 Å². The summed E-state index contributed by atoms with van der Waals surface area (Å²) in [5.41, 5.74) is 0. The number of carbonyl (C=O) groups is 1. The number of carboxylic acid groups (broad SMARTS) is 1. The SMILES string of the molecule is CCCC(=O)O.[CH2-]C.[CH2-]C.[CH2-]C.[Ti+3]. The van der Waals surface area contributed by atoms with E-state index in [1.165, 1.54) is 0 Å². The topological polar surface area (TPSA) is 37.3 Å². The van der Waals surface area contributed by atoms with E-state index < -0.39 is 5.97 Å². The van der Waals surface area contributed by atoms with Gasteiger partial charge < -0.3 is 25.9 Å². The maximum absolute atomic E-state index is 9.60. The molecule has 13 heavy (non-hydrogen) atoms. The standard InChI is InChI=1S/C4H8O2.3C2H5.Ti/c1-2-3-4(5)6;3*1-2;/h2-3H2,1H3,(H,5,6);3*1H2,2H3;/q;3*-1;+3. The van der Waals surface area contributed by atoms with E-state index in [4.69, 9.17) is 5.11 Å². The molecule has 0 amide bonds. The quantitative estimate of drug-likeness (QED) is 0.575. The Balaban J connectivity index is -0.0000000263. The van der Waals surface area contributed by atoms with Crippen LogP contribution >= 0.6 is 0 Å². The fourth-order valence-electron chi connectivity index (χ4n) is 0.214. The third-order valence-corrected chi connectivity index (χ3v) is 0.464. The molecule has 2 nitrogen and oxygen atoms in total. The van der Waals surface area contributed by atoms with Crippen LogP contribution in [0.5, 0.6) is 0 Å². The van der Waals surface area contributed by atoms with Crippen molar-refractivity contribution < 1.29 is 31.6 Å². The fraction of sp³-hybridized carbons (Fsp3) is 0.600. The Kier molecular flexibility index (Phi) is 127. The largest absolute Gasteiger partial charge is 3.00 e. The van der Waals surface area contributed by atoms with Gasteiger partial charge in [-0.1, -0.05) is 6.92 Å². The van der Waals surface area contributed by atoms with Gasteiger partial charge in [-0.15, -0.1) is 0 Å². The summed E-state index contributed by atoms with van der Waals surface area (Å²) < 4.78 is 0. The Bertz CT molecular complexity index is 56.9. The van der Waals surface area contributed by atoms with Gasteiger partial charge in [0.1, 0.15) is 0 Å². The third-order valence-electron chi connectivity index (χ3n) is 0.464. The summed E-state index contributed by atoms with van der Waals surface area (Å²) in [6.45, 7) is 16.8. The zero-order valence-corrected chi connectivity index (χ0v) is 11.0. The average molecular weight is 223 g/mol. The summed E-state index contributed by atoms with van der Waals surface area (Å²) in [5.74, 6) is -0.711. The fourth-order valence-corrected chi connectivity index (χ4v) is 0.214. The van der Waals surface area contributed by atoms with E-state index in [-0.39, 0.29) is 21.7 Å². The van der Waals surface area contributed by atoms with Crippen molar-refractivity contribution in [3.63, 3.8) is 0 Å². The molecule has 0 aliphatic carbocycles. The van der Waals surface area contributed by atoms with Crippen LogP contribution in [0.25, 0.3) is 0 Å². The summed E-state index contributed by atoms with van der Waals surface area (Å²) in [5, 5.41) is 7.91. The number of hydrogen-bond acceptors (Lipinski definition) is 1. The van der Waals surface area contributed by atoms with Crippen molar-refractivity contribution in [2.75, 3.05) is 0 Å². The molecule has 1 N–H and O–H groups in total. The molecule has 0 aromatic heterocycles. The maximum Gasteiger partial charge on any atom is 3.00 e. The van der Waals surface area contributed by atoms with Crippen molar-refractivity contribution in [1.29, 1.82) is 0 Å². The smallest absolute Gasteiger partial charge is 0.481 e. The van der Waals surface area contributed by atoms with Crippen LogP contribution in [0.2, 0.25) is 0 Å². The summed E-state index contributed by atoms with van der Waals surface area (Å²) in [6.07, 6.45) is 1.02. The molecule has 0 aliphatic rings. The van der Waals surface area contributed by atoms with E-state index in [2.05, 4.69) is 20.8 Å². The van der Waals surface area contributed by atoms with Crippen molar-refractivity contribution >= 4 is 5.97 Å². The van der Waals surface area contributed by atoms with Gasteiger partial charge in [-0.3, -0.25) is 4.79 Å². The number of rotatable bonds is 2. The normalized spacial score (nSPS) is 5.15. The summed E-state index contributed by atoms with van der Waals surface area (Å²) >= 11 is 0. The van der Waals surface area contributed by atoms with Gasteiger partial charge >= 0.3 is 27.7 Å². The second kappa shape index (κ2) is 56.7. The molecule has 0 bridgehead atoms. The maximum atomic E-state index is 9.60. The molecule has 0 fully saturated rings. The van der Waals surface area contributed by atoms with Gasteiger partial charge in [0.25, 0.3) is 0 Å². The van der Waals surface area contributed by atoms with Gasteiger partial charge in [0.05, 0.1) is 0 Å². The number of aliphatic carboxylic acids is 1. The van der Waals surface area contributed by atoms with Crippen molar-refractivity contribution in [2.45, 2.75) is 40.5 Å². The first-order valence-electron chi connectivity index (χ1n) is 4.11. The molecule has 0 saturated heterocycles. The van der Waals surface area contributed by atoms with Crippen LogP contribution in [0.15, 0.2) is 0 Å². The summed E-state index contributed by atoms with van der Waals surface area (Å²) in [4.78, 5) is 9.60. The van der Waals surface area contributed by atoms with Crippen LogP contribution in [0.1, 0.15) is 40.5 Å². The summed E-state index contributed by atoms with van der Waals surface area (Å²) in [7, 11) is 0. The molecule has 0 aliphatic heterocycles. The minimum absolute atomic E-state index is 0. The second-order valence-electron chi connectivity index (χ2n) is 1.14. The first-order chi connectivity index (χ1) is 5.77. The van der Waals surface area contributed by atoms with Crippen LogP contribution in [0.4, 0.5) is 0 Å². The Morgan fingerprint density at radius 2 is 1.31 bits per heavy atom. The van der Waals surface area contributed by atoms with Crippen LogP contribution in [-0.4, -0.2) is 11.1 Å². The summed E-state index contributed by atoms with van der Waals surface area (Å²) in [6, 6.07) is 0. The first-order valence-corrected chi connectivity index (χ1v) is 4.11. The zero-order valence-electron chi connectivity index (χ0n) is 9.39. The molecule has 3 heteroatoms. The molecule has 0 spiro atoms. The first kappa shape index (κ1) is 29.2. The number of hydrogen-bond donors (Lipinski definition) is 1. The monoisotopic (exact) mass is 223 g/mol. The molecule has 0 aromatic rings. The predicted octanol–water partition coefficient (Wildman–Crippen LogP) is 3.39. The molecule has 1 radical (unpaired) electrons. The van der Waals surface area contributed by atoms with Crippen molar-refractivity contribution in [1.82, 2.24) is 0 Å². The second-order valence-corrected chi connectivity index (χ2v) is 1.14. The van der Waals surface area contributed by atoms with Gasteiger partial charge in [0, 0.05) is 6.42 Å². The van der Waals surface area contributed by atoms with Crippen molar-refractivity contribution in [3.8, 4) is 0 Å². The van der Waals surface area contributed by atoms with Crippen LogP contribution in [0.3, 0.4) is 0 Å². The molecule has 0 unspecified atom stereocenters. The van der Waals surface area contributed by atoms with Crippen LogP contribution in [0, 0.1) is 20.8 Å². The average Bonchev–Trinajstić information content (AvgIpc) is 2.14. The van der Waals surface area contributed by atoms with Gasteiger partial charge in [-0.2, -0.15) is 20.8 Å². The van der Waals surface area contributed by atoms with Gasteiger partial charge in [0.2, 0.25) is 0 Å². The Morgan fingerprint density at radius 3 is 1.31 bits per heavy atom. The van der Waals surface area contributed by atoms with Gasteiger partial charge in [-0.05, 0) is 6.42 Å². The molecule has 0 heterocycles. The van der Waals surface area contributed by atoms with E-state index in [1.54, 1.807) is 20.8 Å². The van der Waals surface area contributed by atoms with Crippen LogP contribution < -0.4 is 0 Å². The van der Waals surface area contributed by atoms with E-state index in [0.717, 1.165) is 6.42 Å². The molecule has 0 rings (SSSR count). The third kappa shape index (κ3) is 125. The van der Waals surface area contributed by atoms with Crippen molar-refractivity contribution in [3.05, 3.63) is 20.8 Å². The van der Waals surface area contributed by atoms with Crippen LogP contribution in [-0.2, 0) is 26.5 Å². The van der Waals surface area contributed by atoms with Gasteiger partial charge in [-0.25, -0.2) is 0 Å². The molecule has 0 saturated carbocycles. The Morgan fingerprint density at radius 1 is 1.08 bits per heavy atom. The Hall–Kier alpha value is 0.184. The number of carboxylic acids is 1. The Labute approximate surface area is 99.0 Å². The minimum atomic E-state index is -0.711. The van der Waals surface area contributed by atoms with E-state index in [1.807, 2.05) is 6.92 Å². The molecule has 79 valence electrons. The molecular formula is C10H23O2Ti. The van der Waals surface area contributed by atoms with E-state index >= 15 is 0 Å². The van der Waals surface area contributed by atoms with E-state index in [0.29, 0.717) is 6.42 Å². The zero-order chi connectivity index (χ0) is 11.0.